The summed E-state index contributed by atoms with van der Waals surface area (Å²) in [6, 6.07) is 10.9. The Morgan fingerprint density at radius 3 is 2.41 bits per heavy atom. The van der Waals surface area contributed by atoms with Crippen LogP contribution in [0.2, 0.25) is 0 Å². The van der Waals surface area contributed by atoms with Gasteiger partial charge in [-0.05, 0) is 35.2 Å². The SMILES string of the molecule is CC(C)(CC(=O)O)Cc1nc2cc(F)ccc2n1Cc1ccc(S(C)(=O)=O)cc1. The Hall–Kier alpha value is -2.74. The molecule has 1 aromatic heterocycles. The minimum absolute atomic E-state index is 0.0202. The van der Waals surface area contributed by atoms with Crippen LogP contribution < -0.4 is 0 Å². The number of hydrogen-bond acceptors (Lipinski definition) is 4. The van der Waals surface area contributed by atoms with Crippen LogP contribution in [0.15, 0.2) is 47.4 Å². The Balaban J connectivity index is 2.02. The van der Waals surface area contributed by atoms with Gasteiger partial charge in [0.15, 0.2) is 9.84 Å². The van der Waals surface area contributed by atoms with E-state index in [2.05, 4.69) is 4.98 Å². The number of aliphatic carboxylic acids is 1. The molecule has 0 saturated carbocycles. The molecule has 0 atom stereocenters. The minimum atomic E-state index is -3.28. The molecule has 0 aliphatic carbocycles. The van der Waals surface area contributed by atoms with Crippen LogP contribution in [0.4, 0.5) is 4.39 Å². The third-order valence-electron chi connectivity index (χ3n) is 4.75. The standard InChI is InChI=1S/C21H23FN2O4S/c1-21(2,12-20(25)26)11-19-23-17-10-15(22)6-9-18(17)24(19)13-14-4-7-16(8-5-14)29(3,27)28/h4-10H,11-13H2,1-3H3,(H,25,26). The van der Waals surface area contributed by atoms with Gasteiger partial charge in [-0.2, -0.15) is 0 Å². The highest BCUT2D eigenvalue weighted by Crippen LogP contribution is 2.29. The zero-order valence-electron chi connectivity index (χ0n) is 16.5. The van der Waals surface area contributed by atoms with Crippen LogP contribution in [-0.2, 0) is 27.6 Å². The van der Waals surface area contributed by atoms with Gasteiger partial charge >= 0.3 is 5.97 Å². The van der Waals surface area contributed by atoms with E-state index in [1.807, 2.05) is 18.4 Å². The number of hydrogen-bond donors (Lipinski definition) is 1. The molecule has 29 heavy (non-hydrogen) atoms. The van der Waals surface area contributed by atoms with Gasteiger partial charge in [0.05, 0.1) is 22.3 Å². The number of carboxylic acids is 1. The normalized spacial score (nSPS) is 12.4. The Labute approximate surface area is 168 Å². The van der Waals surface area contributed by atoms with Crippen LogP contribution in [0.1, 0.15) is 31.7 Å². The predicted molar refractivity (Wildman–Crippen MR) is 108 cm³/mol. The van der Waals surface area contributed by atoms with Crippen molar-refractivity contribution in [1.29, 1.82) is 0 Å². The lowest BCUT2D eigenvalue weighted by atomic mass is 9.85. The van der Waals surface area contributed by atoms with Crippen molar-refractivity contribution in [3.63, 3.8) is 0 Å². The van der Waals surface area contributed by atoms with Crippen LogP contribution >= 0.6 is 0 Å². The van der Waals surface area contributed by atoms with Gasteiger partial charge in [-0.1, -0.05) is 26.0 Å². The van der Waals surface area contributed by atoms with Crippen molar-refractivity contribution >= 4 is 26.8 Å². The molecular weight excluding hydrogens is 395 g/mol. The van der Waals surface area contributed by atoms with Gasteiger partial charge in [-0.3, -0.25) is 4.79 Å². The van der Waals surface area contributed by atoms with Gasteiger partial charge in [-0.15, -0.1) is 0 Å². The zero-order valence-corrected chi connectivity index (χ0v) is 17.3. The van der Waals surface area contributed by atoms with Crippen LogP contribution in [0.3, 0.4) is 0 Å². The fourth-order valence-electron chi connectivity index (χ4n) is 3.39. The maximum absolute atomic E-state index is 13.7. The van der Waals surface area contributed by atoms with Crippen molar-refractivity contribution in [2.75, 3.05) is 6.26 Å². The first-order chi connectivity index (χ1) is 13.4. The highest BCUT2D eigenvalue weighted by atomic mass is 32.2. The zero-order chi connectivity index (χ0) is 21.4. The fourth-order valence-corrected chi connectivity index (χ4v) is 4.02. The Kier molecular flexibility index (Phi) is 5.49. The molecule has 1 heterocycles. The molecule has 154 valence electrons. The summed E-state index contributed by atoms with van der Waals surface area (Å²) in [5.74, 6) is -0.625. The van der Waals surface area contributed by atoms with Gasteiger partial charge in [-0.25, -0.2) is 17.8 Å². The molecule has 0 amide bonds. The van der Waals surface area contributed by atoms with Crippen LogP contribution in [0.5, 0.6) is 0 Å². The van der Waals surface area contributed by atoms with E-state index in [0.29, 0.717) is 24.3 Å². The quantitative estimate of drug-likeness (QED) is 0.632. The molecule has 0 aliphatic rings. The van der Waals surface area contributed by atoms with E-state index >= 15 is 0 Å². The Morgan fingerprint density at radius 1 is 1.17 bits per heavy atom. The molecule has 8 heteroatoms. The summed E-state index contributed by atoms with van der Waals surface area (Å²) < 4.78 is 38.9. The first-order valence-corrected chi connectivity index (χ1v) is 11.0. The highest BCUT2D eigenvalue weighted by molar-refractivity contribution is 7.90. The van der Waals surface area contributed by atoms with Gasteiger partial charge in [0, 0.05) is 25.3 Å². The van der Waals surface area contributed by atoms with Crippen molar-refractivity contribution in [3.05, 3.63) is 59.7 Å². The van der Waals surface area contributed by atoms with Crippen LogP contribution in [0, 0.1) is 11.2 Å². The second-order valence-corrected chi connectivity index (χ2v) is 10.1. The van der Waals surface area contributed by atoms with Gasteiger partial charge in [0.2, 0.25) is 0 Å². The molecule has 0 spiro atoms. The summed E-state index contributed by atoms with van der Waals surface area (Å²) >= 11 is 0. The number of imidazole rings is 1. The average molecular weight is 418 g/mol. The van der Waals surface area contributed by atoms with E-state index in [1.165, 1.54) is 12.1 Å². The Bertz CT molecular complexity index is 1170. The van der Waals surface area contributed by atoms with Gasteiger partial charge in [0.1, 0.15) is 11.6 Å². The average Bonchev–Trinajstić information content (AvgIpc) is 2.89. The second-order valence-electron chi connectivity index (χ2n) is 8.07. The summed E-state index contributed by atoms with van der Waals surface area (Å²) in [6.07, 6.45) is 1.53. The predicted octanol–water partition coefficient (Wildman–Crippen LogP) is 3.67. The molecule has 3 rings (SSSR count). The third kappa shape index (κ3) is 5.00. The lowest BCUT2D eigenvalue weighted by molar-refractivity contribution is -0.139. The van der Waals surface area contributed by atoms with Crippen LogP contribution in [-0.4, -0.2) is 35.3 Å². The molecule has 3 aromatic rings. The summed E-state index contributed by atoms with van der Waals surface area (Å²) in [7, 11) is -3.28. The molecule has 0 bridgehead atoms. The number of carbonyl (C=O) groups is 1. The van der Waals surface area contributed by atoms with E-state index in [4.69, 9.17) is 0 Å². The third-order valence-corrected chi connectivity index (χ3v) is 5.88. The lowest BCUT2D eigenvalue weighted by Gasteiger charge is -2.22. The minimum Gasteiger partial charge on any atom is -0.481 e. The smallest absolute Gasteiger partial charge is 0.303 e. The largest absolute Gasteiger partial charge is 0.481 e. The number of sulfone groups is 1. The molecule has 1 N–H and O–H groups in total. The topological polar surface area (TPSA) is 89.3 Å². The van der Waals surface area contributed by atoms with E-state index in [1.54, 1.807) is 30.3 Å². The molecule has 0 unspecified atom stereocenters. The fraction of sp³-hybridized carbons (Fsp3) is 0.333. The first kappa shape index (κ1) is 21.0. The first-order valence-electron chi connectivity index (χ1n) is 9.10. The Morgan fingerprint density at radius 2 is 1.83 bits per heavy atom. The van der Waals surface area contributed by atoms with Crippen molar-refractivity contribution in [1.82, 2.24) is 9.55 Å². The summed E-state index contributed by atoms with van der Waals surface area (Å²) in [5.41, 5.74) is 1.56. The molecule has 0 radical (unpaired) electrons. The number of nitrogens with zero attached hydrogens (tertiary/aromatic N) is 2. The van der Waals surface area contributed by atoms with E-state index < -0.39 is 27.0 Å². The van der Waals surface area contributed by atoms with Crippen LogP contribution in [0.25, 0.3) is 11.0 Å². The second kappa shape index (κ2) is 7.59. The monoisotopic (exact) mass is 418 g/mol. The summed E-state index contributed by atoms with van der Waals surface area (Å²) in [6.45, 7) is 4.11. The summed E-state index contributed by atoms with van der Waals surface area (Å²) in [5, 5.41) is 9.17. The number of benzene rings is 2. The number of halogens is 1. The van der Waals surface area contributed by atoms with Crippen molar-refractivity contribution < 1.29 is 22.7 Å². The molecule has 6 nitrogen and oxygen atoms in total. The molecule has 0 saturated heterocycles. The van der Waals surface area contributed by atoms with Crippen molar-refractivity contribution in [3.8, 4) is 0 Å². The van der Waals surface area contributed by atoms with Crippen molar-refractivity contribution in [2.24, 2.45) is 5.41 Å². The highest BCUT2D eigenvalue weighted by Gasteiger charge is 2.26. The molecule has 0 aliphatic heterocycles. The maximum Gasteiger partial charge on any atom is 0.303 e. The number of rotatable bonds is 7. The molecule has 2 aromatic carbocycles. The lowest BCUT2D eigenvalue weighted by Crippen LogP contribution is -2.22. The van der Waals surface area contributed by atoms with Gasteiger partial charge < -0.3 is 9.67 Å². The number of aromatic nitrogens is 2. The number of carboxylic acid groups (broad SMARTS) is 1. The maximum atomic E-state index is 13.7. The molecule has 0 fully saturated rings. The van der Waals surface area contributed by atoms with Gasteiger partial charge in [0.25, 0.3) is 0 Å². The summed E-state index contributed by atoms with van der Waals surface area (Å²) in [4.78, 5) is 16.0. The molecular formula is C21H23FN2O4S. The van der Waals surface area contributed by atoms with Crippen molar-refractivity contribution in [2.45, 2.75) is 38.1 Å². The van der Waals surface area contributed by atoms with E-state index in [-0.39, 0.29) is 11.3 Å². The van der Waals surface area contributed by atoms with E-state index in [0.717, 1.165) is 17.3 Å². The van der Waals surface area contributed by atoms with E-state index in [9.17, 15) is 22.7 Å². The number of fused-ring (bicyclic) bond motifs is 1.